The SMILES string of the molecule is C[NH+](C)CCCOc1ccccc1C#N. The van der Waals surface area contributed by atoms with E-state index in [4.69, 9.17) is 10.00 Å². The second-order valence-electron chi connectivity index (χ2n) is 3.77. The summed E-state index contributed by atoms with van der Waals surface area (Å²) in [4.78, 5) is 1.41. The first-order valence-corrected chi connectivity index (χ1v) is 5.15. The lowest BCUT2D eigenvalue weighted by Crippen LogP contribution is -3.05. The molecule has 0 spiro atoms. The summed E-state index contributed by atoms with van der Waals surface area (Å²) in [5, 5.41) is 8.83. The zero-order chi connectivity index (χ0) is 11.1. The van der Waals surface area contributed by atoms with Gasteiger partial charge in [0.25, 0.3) is 0 Å². The minimum Gasteiger partial charge on any atom is -0.492 e. The van der Waals surface area contributed by atoms with Gasteiger partial charge in [-0.05, 0) is 12.1 Å². The number of hydrogen-bond acceptors (Lipinski definition) is 2. The molecule has 0 aromatic heterocycles. The third-order valence-corrected chi connectivity index (χ3v) is 2.09. The maximum absolute atomic E-state index is 8.83. The van der Waals surface area contributed by atoms with Crippen molar-refractivity contribution in [3.05, 3.63) is 29.8 Å². The van der Waals surface area contributed by atoms with Gasteiger partial charge in [-0.1, -0.05) is 12.1 Å². The van der Waals surface area contributed by atoms with Gasteiger partial charge >= 0.3 is 0 Å². The van der Waals surface area contributed by atoms with Crippen molar-refractivity contribution in [2.24, 2.45) is 0 Å². The van der Waals surface area contributed by atoms with Gasteiger partial charge in [-0.15, -0.1) is 0 Å². The number of nitriles is 1. The number of rotatable bonds is 5. The Morgan fingerprint density at radius 1 is 1.33 bits per heavy atom. The van der Waals surface area contributed by atoms with Crippen LogP contribution in [0.3, 0.4) is 0 Å². The summed E-state index contributed by atoms with van der Waals surface area (Å²) in [5.74, 6) is 0.689. The van der Waals surface area contributed by atoms with E-state index in [9.17, 15) is 0 Å². The van der Waals surface area contributed by atoms with Crippen molar-refractivity contribution in [1.82, 2.24) is 0 Å². The molecule has 0 unspecified atom stereocenters. The highest BCUT2D eigenvalue weighted by Gasteiger charge is 2.01. The van der Waals surface area contributed by atoms with E-state index in [-0.39, 0.29) is 0 Å². The van der Waals surface area contributed by atoms with Crippen LogP contribution in [0.25, 0.3) is 0 Å². The highest BCUT2D eigenvalue weighted by atomic mass is 16.5. The quantitative estimate of drug-likeness (QED) is 0.710. The van der Waals surface area contributed by atoms with Gasteiger partial charge in [-0.25, -0.2) is 0 Å². The van der Waals surface area contributed by atoms with Crippen LogP contribution in [0.5, 0.6) is 5.75 Å². The van der Waals surface area contributed by atoms with Crippen LogP contribution in [0.1, 0.15) is 12.0 Å². The molecule has 3 nitrogen and oxygen atoms in total. The Balaban J connectivity index is 2.41. The van der Waals surface area contributed by atoms with Crippen molar-refractivity contribution in [3.63, 3.8) is 0 Å². The van der Waals surface area contributed by atoms with Crippen LogP contribution in [-0.4, -0.2) is 27.2 Å². The maximum atomic E-state index is 8.83. The highest BCUT2D eigenvalue weighted by Crippen LogP contribution is 2.16. The van der Waals surface area contributed by atoms with Crippen molar-refractivity contribution in [3.8, 4) is 11.8 Å². The molecule has 0 radical (unpaired) electrons. The summed E-state index contributed by atoms with van der Waals surface area (Å²) in [6, 6.07) is 9.44. The minimum absolute atomic E-state index is 0.606. The monoisotopic (exact) mass is 205 g/mol. The molecule has 0 aliphatic rings. The van der Waals surface area contributed by atoms with Crippen LogP contribution < -0.4 is 9.64 Å². The molecule has 1 aromatic carbocycles. The number of ether oxygens (including phenoxy) is 1. The largest absolute Gasteiger partial charge is 0.492 e. The average molecular weight is 205 g/mol. The zero-order valence-electron chi connectivity index (χ0n) is 9.29. The standard InChI is InChI=1S/C12H16N2O/c1-14(2)8-5-9-15-12-7-4-3-6-11(12)10-13/h3-4,6-7H,5,8-9H2,1-2H3/p+1. The number of nitrogens with zero attached hydrogens (tertiary/aromatic N) is 1. The Bertz CT molecular complexity index is 342. The third-order valence-electron chi connectivity index (χ3n) is 2.09. The number of para-hydroxylation sites is 1. The first-order chi connectivity index (χ1) is 7.24. The minimum atomic E-state index is 0.606. The number of nitrogens with one attached hydrogen (secondary N) is 1. The summed E-state index contributed by atoms with van der Waals surface area (Å²) in [6.07, 6.45) is 1.00. The molecular formula is C12H17N2O+. The van der Waals surface area contributed by atoms with Gasteiger partial charge in [0.15, 0.2) is 0 Å². The normalized spacial score (nSPS) is 10.0. The molecule has 0 aliphatic carbocycles. The van der Waals surface area contributed by atoms with Gasteiger partial charge in [0.2, 0.25) is 0 Å². The molecule has 0 heterocycles. The molecule has 1 N–H and O–H groups in total. The fourth-order valence-corrected chi connectivity index (χ4v) is 1.29. The lowest BCUT2D eigenvalue weighted by atomic mass is 10.2. The first-order valence-electron chi connectivity index (χ1n) is 5.15. The van der Waals surface area contributed by atoms with E-state index in [0.29, 0.717) is 17.9 Å². The van der Waals surface area contributed by atoms with Gasteiger partial charge < -0.3 is 9.64 Å². The highest BCUT2D eigenvalue weighted by molar-refractivity contribution is 5.42. The van der Waals surface area contributed by atoms with Gasteiger partial charge in [-0.3, -0.25) is 0 Å². The Kier molecular flexibility index (Phi) is 4.65. The molecule has 3 heteroatoms. The zero-order valence-corrected chi connectivity index (χ0v) is 9.29. The molecular weight excluding hydrogens is 188 g/mol. The van der Waals surface area contributed by atoms with Crippen molar-refractivity contribution >= 4 is 0 Å². The smallest absolute Gasteiger partial charge is 0.137 e. The first kappa shape index (κ1) is 11.5. The van der Waals surface area contributed by atoms with Crippen LogP contribution in [0.4, 0.5) is 0 Å². The van der Waals surface area contributed by atoms with Gasteiger partial charge in [0.05, 0.1) is 32.8 Å². The molecule has 0 atom stereocenters. The van der Waals surface area contributed by atoms with Crippen LogP contribution in [0.15, 0.2) is 24.3 Å². The van der Waals surface area contributed by atoms with E-state index in [0.717, 1.165) is 13.0 Å². The van der Waals surface area contributed by atoms with Gasteiger partial charge in [0.1, 0.15) is 11.8 Å². The molecule has 0 aliphatic heterocycles. The second-order valence-corrected chi connectivity index (χ2v) is 3.77. The summed E-state index contributed by atoms with van der Waals surface area (Å²) < 4.78 is 5.54. The number of benzene rings is 1. The molecule has 0 saturated carbocycles. The topological polar surface area (TPSA) is 37.5 Å². The van der Waals surface area contributed by atoms with Gasteiger partial charge in [0, 0.05) is 6.42 Å². The van der Waals surface area contributed by atoms with E-state index in [2.05, 4.69) is 20.2 Å². The Morgan fingerprint density at radius 3 is 2.73 bits per heavy atom. The lowest BCUT2D eigenvalue weighted by Gasteiger charge is -2.09. The number of quaternary nitrogens is 1. The number of hydrogen-bond donors (Lipinski definition) is 1. The molecule has 1 rings (SSSR count). The summed E-state index contributed by atoms with van der Waals surface area (Å²) in [5.41, 5.74) is 0.606. The fraction of sp³-hybridized carbons (Fsp3) is 0.417. The summed E-state index contributed by atoms with van der Waals surface area (Å²) in [6.45, 7) is 1.75. The van der Waals surface area contributed by atoms with Crippen LogP contribution in [-0.2, 0) is 0 Å². The molecule has 0 fully saturated rings. The average Bonchev–Trinajstić information content (AvgIpc) is 2.24. The Hall–Kier alpha value is -1.53. The van der Waals surface area contributed by atoms with Crippen LogP contribution in [0.2, 0.25) is 0 Å². The molecule has 15 heavy (non-hydrogen) atoms. The molecule has 1 aromatic rings. The van der Waals surface area contributed by atoms with Crippen molar-refractivity contribution in [2.75, 3.05) is 27.2 Å². The Morgan fingerprint density at radius 2 is 2.07 bits per heavy atom. The van der Waals surface area contributed by atoms with E-state index in [1.54, 1.807) is 6.07 Å². The van der Waals surface area contributed by atoms with Crippen LogP contribution in [0, 0.1) is 11.3 Å². The molecule has 0 saturated heterocycles. The van der Waals surface area contributed by atoms with E-state index < -0.39 is 0 Å². The summed E-state index contributed by atoms with van der Waals surface area (Å²) in [7, 11) is 4.23. The van der Waals surface area contributed by atoms with E-state index in [1.165, 1.54) is 4.90 Å². The molecule has 0 bridgehead atoms. The Labute approximate surface area is 90.9 Å². The fourth-order valence-electron chi connectivity index (χ4n) is 1.29. The van der Waals surface area contributed by atoms with E-state index in [1.807, 2.05) is 18.2 Å². The van der Waals surface area contributed by atoms with E-state index >= 15 is 0 Å². The third kappa shape index (κ3) is 4.01. The van der Waals surface area contributed by atoms with Gasteiger partial charge in [-0.2, -0.15) is 5.26 Å². The van der Waals surface area contributed by atoms with Crippen molar-refractivity contribution < 1.29 is 9.64 Å². The van der Waals surface area contributed by atoms with Crippen molar-refractivity contribution in [2.45, 2.75) is 6.42 Å². The van der Waals surface area contributed by atoms with Crippen LogP contribution >= 0.6 is 0 Å². The predicted molar refractivity (Wildman–Crippen MR) is 58.9 cm³/mol. The predicted octanol–water partition coefficient (Wildman–Crippen LogP) is 0.472. The second kappa shape index (κ2) is 6.05. The molecule has 0 amide bonds. The molecule has 80 valence electrons. The van der Waals surface area contributed by atoms with Crippen molar-refractivity contribution in [1.29, 1.82) is 5.26 Å². The lowest BCUT2D eigenvalue weighted by molar-refractivity contribution is -0.858. The summed E-state index contributed by atoms with van der Waals surface area (Å²) >= 11 is 0. The maximum Gasteiger partial charge on any atom is 0.137 e.